The zero-order valence-electron chi connectivity index (χ0n) is 10.5. The van der Waals surface area contributed by atoms with Gasteiger partial charge in [-0.05, 0) is 25.7 Å². The highest BCUT2D eigenvalue weighted by molar-refractivity contribution is 5.87. The lowest BCUT2D eigenvalue weighted by Gasteiger charge is -2.08. The van der Waals surface area contributed by atoms with Crippen molar-refractivity contribution < 1.29 is 9.53 Å². The SMILES string of the molecule is C=C(CCCCC1CCCC1)C(=O)OCC. The molecule has 0 atom stereocenters. The number of carbonyl (C=O) groups is 1. The van der Waals surface area contributed by atoms with Gasteiger partial charge in [0, 0.05) is 5.57 Å². The van der Waals surface area contributed by atoms with Gasteiger partial charge in [-0.25, -0.2) is 4.79 Å². The summed E-state index contributed by atoms with van der Waals surface area (Å²) in [6, 6.07) is 0. The van der Waals surface area contributed by atoms with Crippen LogP contribution >= 0.6 is 0 Å². The summed E-state index contributed by atoms with van der Waals surface area (Å²) in [4.78, 5) is 11.3. The lowest BCUT2D eigenvalue weighted by molar-refractivity contribution is -0.138. The van der Waals surface area contributed by atoms with Gasteiger partial charge in [-0.1, -0.05) is 45.1 Å². The van der Waals surface area contributed by atoms with Crippen LogP contribution in [0.15, 0.2) is 12.2 Å². The molecule has 1 rings (SSSR count). The molecule has 0 aromatic rings. The van der Waals surface area contributed by atoms with Crippen molar-refractivity contribution in [2.45, 2.75) is 58.3 Å². The smallest absolute Gasteiger partial charge is 0.333 e. The largest absolute Gasteiger partial charge is 0.463 e. The predicted octanol–water partition coefficient (Wildman–Crippen LogP) is 3.86. The van der Waals surface area contributed by atoms with E-state index >= 15 is 0 Å². The molecule has 92 valence electrons. The van der Waals surface area contributed by atoms with E-state index in [-0.39, 0.29) is 5.97 Å². The molecule has 1 fully saturated rings. The summed E-state index contributed by atoms with van der Waals surface area (Å²) in [6.07, 6.45) is 10.1. The van der Waals surface area contributed by atoms with Gasteiger partial charge in [0.25, 0.3) is 0 Å². The molecule has 0 saturated heterocycles. The maximum atomic E-state index is 11.3. The van der Waals surface area contributed by atoms with Gasteiger partial charge in [-0.15, -0.1) is 0 Å². The van der Waals surface area contributed by atoms with Crippen LogP contribution in [0.1, 0.15) is 58.3 Å². The molecule has 0 N–H and O–H groups in total. The Balaban J connectivity index is 2.01. The molecule has 0 aliphatic heterocycles. The molecule has 1 aliphatic carbocycles. The maximum absolute atomic E-state index is 11.3. The monoisotopic (exact) mass is 224 g/mol. The van der Waals surface area contributed by atoms with E-state index in [1.165, 1.54) is 38.5 Å². The number of hydrogen-bond donors (Lipinski definition) is 0. The van der Waals surface area contributed by atoms with Gasteiger partial charge in [-0.3, -0.25) is 0 Å². The van der Waals surface area contributed by atoms with Gasteiger partial charge >= 0.3 is 5.97 Å². The van der Waals surface area contributed by atoms with Crippen molar-refractivity contribution in [3.05, 3.63) is 12.2 Å². The minimum atomic E-state index is -0.219. The van der Waals surface area contributed by atoms with Crippen LogP contribution in [-0.2, 0) is 9.53 Å². The van der Waals surface area contributed by atoms with Gasteiger partial charge in [0.1, 0.15) is 0 Å². The van der Waals surface area contributed by atoms with Crippen LogP contribution < -0.4 is 0 Å². The molecule has 0 aromatic carbocycles. The van der Waals surface area contributed by atoms with Crippen molar-refractivity contribution in [1.82, 2.24) is 0 Å². The Hall–Kier alpha value is -0.790. The molecule has 0 aromatic heterocycles. The topological polar surface area (TPSA) is 26.3 Å². The van der Waals surface area contributed by atoms with Crippen molar-refractivity contribution in [3.63, 3.8) is 0 Å². The van der Waals surface area contributed by atoms with E-state index in [9.17, 15) is 4.79 Å². The zero-order chi connectivity index (χ0) is 11.8. The fourth-order valence-electron chi connectivity index (χ4n) is 2.41. The number of esters is 1. The van der Waals surface area contributed by atoms with E-state index in [0.29, 0.717) is 12.2 Å². The van der Waals surface area contributed by atoms with Crippen LogP contribution in [-0.4, -0.2) is 12.6 Å². The Labute approximate surface area is 99.1 Å². The molecule has 0 bridgehead atoms. The fraction of sp³-hybridized carbons (Fsp3) is 0.786. The number of rotatable bonds is 7. The van der Waals surface area contributed by atoms with E-state index < -0.39 is 0 Å². The van der Waals surface area contributed by atoms with Crippen LogP contribution in [0.25, 0.3) is 0 Å². The minimum Gasteiger partial charge on any atom is -0.463 e. The summed E-state index contributed by atoms with van der Waals surface area (Å²) in [5.74, 6) is 0.735. The van der Waals surface area contributed by atoms with E-state index in [0.717, 1.165) is 18.8 Å². The molecule has 0 spiro atoms. The summed E-state index contributed by atoms with van der Waals surface area (Å²) in [5, 5.41) is 0. The normalized spacial score (nSPS) is 16.3. The van der Waals surface area contributed by atoms with Crippen LogP contribution in [0.4, 0.5) is 0 Å². The molecule has 2 heteroatoms. The third-order valence-electron chi connectivity index (χ3n) is 3.38. The van der Waals surface area contributed by atoms with E-state index in [1.807, 2.05) is 6.92 Å². The Kier molecular flexibility index (Phi) is 6.20. The Morgan fingerprint density at radius 2 is 2.00 bits per heavy atom. The summed E-state index contributed by atoms with van der Waals surface area (Å²) >= 11 is 0. The van der Waals surface area contributed by atoms with Crippen molar-refractivity contribution in [2.75, 3.05) is 6.61 Å². The summed E-state index contributed by atoms with van der Waals surface area (Å²) in [7, 11) is 0. The number of ether oxygens (including phenoxy) is 1. The highest BCUT2D eigenvalue weighted by atomic mass is 16.5. The number of hydrogen-bond acceptors (Lipinski definition) is 2. The predicted molar refractivity (Wildman–Crippen MR) is 66.2 cm³/mol. The van der Waals surface area contributed by atoms with Gasteiger partial charge in [-0.2, -0.15) is 0 Å². The summed E-state index contributed by atoms with van der Waals surface area (Å²) in [5.41, 5.74) is 0.633. The van der Waals surface area contributed by atoms with Crippen LogP contribution in [0.3, 0.4) is 0 Å². The molecular formula is C14H24O2. The zero-order valence-corrected chi connectivity index (χ0v) is 10.5. The van der Waals surface area contributed by atoms with Crippen LogP contribution in [0.2, 0.25) is 0 Å². The molecule has 0 radical (unpaired) electrons. The second-order valence-electron chi connectivity index (χ2n) is 4.72. The van der Waals surface area contributed by atoms with Gasteiger partial charge in [0.2, 0.25) is 0 Å². The first kappa shape index (κ1) is 13.3. The number of unbranched alkanes of at least 4 members (excludes halogenated alkanes) is 1. The molecule has 0 amide bonds. The van der Waals surface area contributed by atoms with Crippen LogP contribution in [0.5, 0.6) is 0 Å². The second-order valence-corrected chi connectivity index (χ2v) is 4.72. The molecule has 0 heterocycles. The Bertz CT molecular complexity index is 227. The molecular weight excluding hydrogens is 200 g/mol. The van der Waals surface area contributed by atoms with Crippen molar-refractivity contribution >= 4 is 5.97 Å². The third-order valence-corrected chi connectivity index (χ3v) is 3.38. The standard InChI is InChI=1S/C14H24O2/c1-3-16-14(15)12(2)8-4-5-9-13-10-6-7-11-13/h13H,2-11H2,1H3. The maximum Gasteiger partial charge on any atom is 0.333 e. The van der Waals surface area contributed by atoms with Crippen LogP contribution in [0, 0.1) is 5.92 Å². The molecule has 16 heavy (non-hydrogen) atoms. The van der Waals surface area contributed by atoms with Gasteiger partial charge in [0.05, 0.1) is 6.61 Å². The average Bonchev–Trinajstić information content (AvgIpc) is 2.77. The lowest BCUT2D eigenvalue weighted by atomic mass is 9.99. The van der Waals surface area contributed by atoms with E-state index in [4.69, 9.17) is 4.74 Å². The first-order valence-electron chi connectivity index (χ1n) is 6.59. The van der Waals surface area contributed by atoms with Crippen molar-refractivity contribution in [1.29, 1.82) is 0 Å². The second kappa shape index (κ2) is 7.48. The van der Waals surface area contributed by atoms with E-state index in [2.05, 4.69) is 6.58 Å². The minimum absolute atomic E-state index is 0.219. The molecule has 1 saturated carbocycles. The molecule has 1 aliphatic rings. The highest BCUT2D eigenvalue weighted by Gasteiger charge is 2.14. The lowest BCUT2D eigenvalue weighted by Crippen LogP contribution is -2.06. The Morgan fingerprint density at radius 1 is 1.31 bits per heavy atom. The Morgan fingerprint density at radius 3 is 2.62 bits per heavy atom. The van der Waals surface area contributed by atoms with Crippen molar-refractivity contribution in [3.8, 4) is 0 Å². The van der Waals surface area contributed by atoms with Crippen molar-refractivity contribution in [2.24, 2.45) is 5.92 Å². The first-order valence-corrected chi connectivity index (χ1v) is 6.59. The fourth-order valence-corrected chi connectivity index (χ4v) is 2.41. The summed E-state index contributed by atoms with van der Waals surface area (Å²) < 4.78 is 4.90. The number of carbonyl (C=O) groups excluding carboxylic acids is 1. The molecule has 2 nitrogen and oxygen atoms in total. The third kappa shape index (κ3) is 4.82. The summed E-state index contributed by atoms with van der Waals surface area (Å²) in [6.45, 7) is 6.04. The molecule has 0 unspecified atom stereocenters. The van der Waals surface area contributed by atoms with E-state index in [1.54, 1.807) is 0 Å². The first-order chi connectivity index (χ1) is 7.74. The quantitative estimate of drug-likeness (QED) is 0.373. The average molecular weight is 224 g/mol. The van der Waals surface area contributed by atoms with Gasteiger partial charge < -0.3 is 4.74 Å². The van der Waals surface area contributed by atoms with Gasteiger partial charge in [0.15, 0.2) is 0 Å². The highest BCUT2D eigenvalue weighted by Crippen LogP contribution is 2.29.